The molecule has 1 aliphatic rings. The third-order valence-corrected chi connectivity index (χ3v) is 9.36. The van der Waals surface area contributed by atoms with Crippen LogP contribution in [0.2, 0.25) is 0 Å². The summed E-state index contributed by atoms with van der Waals surface area (Å²) < 4.78 is 77.2. The maximum atomic E-state index is 14.4. The second-order valence-corrected chi connectivity index (χ2v) is 12.5. The van der Waals surface area contributed by atoms with Gasteiger partial charge < -0.3 is 14.3 Å². The minimum absolute atomic E-state index is 0.0607. The molecular weight excluding hydrogens is 560 g/mol. The average molecular weight is 588 g/mol. The highest BCUT2D eigenvalue weighted by molar-refractivity contribution is 7.92. The number of nitrogens with zero attached hydrogens (tertiary/aromatic N) is 1. The molecule has 0 aliphatic carbocycles. The predicted molar refractivity (Wildman–Crippen MR) is 150 cm³/mol. The Balaban J connectivity index is 1.63. The molecule has 2 heterocycles. The average Bonchev–Trinajstić information content (AvgIpc) is 3.30. The summed E-state index contributed by atoms with van der Waals surface area (Å²) in [5, 5.41) is 3.08. The van der Waals surface area contributed by atoms with Gasteiger partial charge in [0.05, 0.1) is 22.6 Å². The number of hydrogen-bond donors (Lipinski definition) is 2. The number of benzene rings is 3. The third-order valence-electron chi connectivity index (χ3n) is 6.95. The molecule has 1 aromatic heterocycles. The zero-order chi connectivity index (χ0) is 28.6. The second-order valence-electron chi connectivity index (χ2n) is 9.52. The Morgan fingerprint density at radius 1 is 1.12 bits per heavy atom. The zero-order valence-corrected chi connectivity index (χ0v) is 23.4. The van der Waals surface area contributed by atoms with Gasteiger partial charge in [0.2, 0.25) is 10.0 Å². The number of carbonyl (C=O) groups is 1. The fraction of sp³-hybridized carbons (Fsp3) is 0.250. The van der Waals surface area contributed by atoms with E-state index in [4.69, 9.17) is 4.42 Å². The molecule has 2 atom stereocenters. The van der Waals surface area contributed by atoms with Crippen LogP contribution in [-0.2, 0) is 21.4 Å². The summed E-state index contributed by atoms with van der Waals surface area (Å²) in [7, 11) is -2.62. The number of furan rings is 1. The van der Waals surface area contributed by atoms with E-state index in [1.54, 1.807) is 12.1 Å². The highest BCUT2D eigenvalue weighted by Gasteiger charge is 2.34. The molecular formula is C28H27F2N3O5S2. The molecule has 5 rings (SSSR count). The van der Waals surface area contributed by atoms with Crippen molar-refractivity contribution in [1.82, 2.24) is 9.62 Å². The van der Waals surface area contributed by atoms with Gasteiger partial charge in [0.1, 0.15) is 34.1 Å². The van der Waals surface area contributed by atoms with Crippen LogP contribution in [-0.4, -0.2) is 49.6 Å². The Morgan fingerprint density at radius 3 is 2.52 bits per heavy atom. The highest BCUT2D eigenvalue weighted by Crippen LogP contribution is 2.41. The Morgan fingerprint density at radius 2 is 1.85 bits per heavy atom. The van der Waals surface area contributed by atoms with E-state index in [9.17, 15) is 26.5 Å². The molecule has 0 saturated carbocycles. The zero-order valence-electron chi connectivity index (χ0n) is 21.7. The molecule has 0 radical (unpaired) electrons. The van der Waals surface area contributed by atoms with Crippen LogP contribution >= 0.6 is 0 Å². The van der Waals surface area contributed by atoms with Crippen molar-refractivity contribution >= 4 is 43.9 Å². The lowest BCUT2D eigenvalue weighted by Crippen LogP contribution is -2.39. The van der Waals surface area contributed by atoms with Crippen molar-refractivity contribution in [2.75, 3.05) is 31.1 Å². The number of anilines is 1. The quantitative estimate of drug-likeness (QED) is 0.294. The minimum atomic E-state index is -4.11. The van der Waals surface area contributed by atoms with E-state index < -0.39 is 38.9 Å². The molecule has 1 saturated heterocycles. The molecule has 8 nitrogen and oxygen atoms in total. The van der Waals surface area contributed by atoms with Crippen molar-refractivity contribution in [3.63, 3.8) is 0 Å². The maximum Gasteiger partial charge on any atom is 0.255 e. The molecule has 2 N–H and O–H groups in total. The fourth-order valence-corrected chi connectivity index (χ4v) is 7.18. The Kier molecular flexibility index (Phi) is 7.87. The number of carbonyl (C=O) groups excluding carboxylic acids is 1. The molecule has 1 unspecified atom stereocenters. The van der Waals surface area contributed by atoms with Crippen molar-refractivity contribution < 1.29 is 31.0 Å². The second kappa shape index (κ2) is 11.2. The number of nitrogens with one attached hydrogen (secondary N) is 2. The van der Waals surface area contributed by atoms with Crippen LogP contribution < -0.4 is 10.0 Å². The van der Waals surface area contributed by atoms with Gasteiger partial charge in [-0.05, 0) is 66.8 Å². The fourth-order valence-electron chi connectivity index (χ4n) is 5.10. The van der Waals surface area contributed by atoms with Gasteiger partial charge in [-0.2, -0.15) is 4.31 Å². The van der Waals surface area contributed by atoms with Crippen molar-refractivity contribution in [3.8, 4) is 11.3 Å². The van der Waals surface area contributed by atoms with Gasteiger partial charge in [0.15, 0.2) is 0 Å². The monoisotopic (exact) mass is 587 g/mol. The predicted octanol–water partition coefficient (Wildman–Crippen LogP) is 5.01. The van der Waals surface area contributed by atoms with Gasteiger partial charge in [-0.1, -0.05) is 12.1 Å². The summed E-state index contributed by atoms with van der Waals surface area (Å²) in [5.74, 6) is -1.80. The maximum absolute atomic E-state index is 14.4. The van der Waals surface area contributed by atoms with E-state index in [0.29, 0.717) is 40.6 Å². The molecule has 3 aromatic carbocycles. The number of halogens is 2. The Hall–Kier alpha value is -3.45. The molecule has 1 fully saturated rings. The van der Waals surface area contributed by atoms with Crippen LogP contribution in [0.5, 0.6) is 0 Å². The molecule has 4 aromatic rings. The van der Waals surface area contributed by atoms with Crippen LogP contribution in [0.25, 0.3) is 22.3 Å². The SMILES string of the molecule is CNC(=O)c1c(-c2ccc(F)cc2)oc2cc(N[S+](C)[O-])c([C@@H]3CCCN(S(=O)(=O)c4ccccc4F)C3)cc12. The van der Waals surface area contributed by atoms with Gasteiger partial charge in [0, 0.05) is 37.2 Å². The molecule has 0 bridgehead atoms. The van der Waals surface area contributed by atoms with E-state index in [1.165, 1.54) is 60.1 Å². The van der Waals surface area contributed by atoms with Gasteiger partial charge in [-0.3, -0.25) is 4.79 Å². The largest absolute Gasteiger partial charge is 0.593 e. The summed E-state index contributed by atoms with van der Waals surface area (Å²) in [6.45, 7) is 0.285. The topological polar surface area (TPSA) is 115 Å². The molecule has 12 heteroatoms. The molecule has 1 aliphatic heterocycles. The van der Waals surface area contributed by atoms with Gasteiger partial charge >= 0.3 is 0 Å². The van der Waals surface area contributed by atoms with Crippen molar-refractivity contribution in [2.24, 2.45) is 0 Å². The Labute approximate surface area is 233 Å². The number of rotatable bonds is 7. The third kappa shape index (κ3) is 5.31. The summed E-state index contributed by atoms with van der Waals surface area (Å²) in [5.41, 5.74) is 2.17. The number of sulfonamides is 1. The highest BCUT2D eigenvalue weighted by atomic mass is 32.2. The van der Waals surface area contributed by atoms with Gasteiger partial charge in [0.25, 0.3) is 5.91 Å². The van der Waals surface area contributed by atoms with Crippen LogP contribution in [0.3, 0.4) is 0 Å². The lowest BCUT2D eigenvalue weighted by molar-refractivity contribution is 0.0964. The lowest BCUT2D eigenvalue weighted by atomic mass is 9.89. The summed E-state index contributed by atoms with van der Waals surface area (Å²) in [6.07, 6.45) is 2.59. The lowest BCUT2D eigenvalue weighted by Gasteiger charge is -2.33. The smallest absolute Gasteiger partial charge is 0.255 e. The van der Waals surface area contributed by atoms with Gasteiger partial charge in [-0.15, -0.1) is 0 Å². The van der Waals surface area contributed by atoms with Crippen LogP contribution in [0.1, 0.15) is 34.7 Å². The molecule has 1 amide bonds. The number of fused-ring (bicyclic) bond motifs is 1. The van der Waals surface area contributed by atoms with Crippen molar-refractivity contribution in [3.05, 3.63) is 83.4 Å². The number of hydrogen-bond acceptors (Lipinski definition) is 6. The summed E-state index contributed by atoms with van der Waals surface area (Å²) in [4.78, 5) is 12.7. The standard InChI is InChI=1S/C28H27F2N3O5S2/c1-31-28(34)26-21-14-20(18-6-5-13-33(16-18)40(36,37)25-8-4-3-7-22(25)30)23(32-39(2)35)15-24(21)38-27(26)17-9-11-19(29)12-10-17/h3-4,7-12,14-15,18,32H,5-6,13,16H2,1-2H3,(H,31,34)/t18-,39?/m1/s1. The van der Waals surface area contributed by atoms with E-state index in [2.05, 4.69) is 10.0 Å². The molecule has 210 valence electrons. The molecule has 40 heavy (non-hydrogen) atoms. The number of amides is 1. The first-order valence-electron chi connectivity index (χ1n) is 12.5. The van der Waals surface area contributed by atoms with E-state index in [0.717, 1.165) is 6.07 Å². The minimum Gasteiger partial charge on any atom is -0.593 e. The molecule has 0 spiro atoms. The van der Waals surface area contributed by atoms with Gasteiger partial charge in [-0.25, -0.2) is 21.9 Å². The Bertz CT molecular complexity index is 1670. The normalized spacial score (nSPS) is 17.1. The van der Waals surface area contributed by atoms with E-state index in [1.807, 2.05) is 0 Å². The van der Waals surface area contributed by atoms with E-state index >= 15 is 0 Å². The van der Waals surface area contributed by atoms with Crippen molar-refractivity contribution in [1.29, 1.82) is 0 Å². The van der Waals surface area contributed by atoms with Crippen LogP contribution in [0, 0.1) is 11.6 Å². The first-order valence-corrected chi connectivity index (χ1v) is 15.5. The number of piperidine rings is 1. The van der Waals surface area contributed by atoms with Crippen LogP contribution in [0.15, 0.2) is 70.0 Å². The van der Waals surface area contributed by atoms with E-state index in [-0.39, 0.29) is 35.2 Å². The first kappa shape index (κ1) is 28.1. The van der Waals surface area contributed by atoms with Crippen molar-refractivity contribution in [2.45, 2.75) is 23.7 Å². The summed E-state index contributed by atoms with van der Waals surface area (Å²) in [6, 6.07) is 14.2. The van der Waals surface area contributed by atoms with Crippen LogP contribution in [0.4, 0.5) is 14.5 Å². The first-order chi connectivity index (χ1) is 19.1. The summed E-state index contributed by atoms with van der Waals surface area (Å²) >= 11 is -1.47.